The van der Waals surface area contributed by atoms with Gasteiger partial charge in [0.2, 0.25) is 0 Å². The van der Waals surface area contributed by atoms with Crippen LogP contribution in [0.4, 0.5) is 5.69 Å². The lowest BCUT2D eigenvalue weighted by Gasteiger charge is -2.19. The molecule has 1 rings (SSSR count). The summed E-state index contributed by atoms with van der Waals surface area (Å²) in [6, 6.07) is 6.20. The van der Waals surface area contributed by atoms with Crippen molar-refractivity contribution in [2.45, 2.75) is 11.4 Å². The highest BCUT2D eigenvalue weighted by Crippen LogP contribution is 2.22. The normalized spacial score (nSPS) is 15.7. The van der Waals surface area contributed by atoms with Gasteiger partial charge >= 0.3 is 0 Å². The fourth-order valence-electron chi connectivity index (χ4n) is 1.38. The second-order valence-electron chi connectivity index (χ2n) is 3.66. The predicted molar refractivity (Wildman–Crippen MR) is 61.5 cm³/mol. The first kappa shape index (κ1) is 13.0. The van der Waals surface area contributed by atoms with Crippen LogP contribution in [0.5, 0.6) is 0 Å². The van der Waals surface area contributed by atoms with Crippen molar-refractivity contribution in [2.24, 2.45) is 0 Å². The molecule has 0 unspecified atom stereocenters. The quantitative estimate of drug-likeness (QED) is 0.633. The topological polar surface area (TPSA) is 101 Å². The molecule has 0 heterocycles. The van der Waals surface area contributed by atoms with E-state index in [2.05, 4.69) is 0 Å². The SMILES string of the molecule is CS(=O)(=O)[C@@H](CO)[C@H](O)c1ccc(N)cc1. The third-order valence-electron chi connectivity index (χ3n) is 2.36. The fourth-order valence-corrected chi connectivity index (χ4v) is 2.27. The van der Waals surface area contributed by atoms with Crippen LogP contribution in [0.1, 0.15) is 11.7 Å². The van der Waals surface area contributed by atoms with Gasteiger partial charge in [-0.15, -0.1) is 0 Å². The molecule has 2 atom stereocenters. The van der Waals surface area contributed by atoms with Crippen molar-refractivity contribution >= 4 is 15.5 Å². The molecule has 0 fully saturated rings. The number of hydrogen-bond acceptors (Lipinski definition) is 5. The third-order valence-corrected chi connectivity index (χ3v) is 3.87. The van der Waals surface area contributed by atoms with Crippen LogP contribution in [-0.4, -0.2) is 36.7 Å². The summed E-state index contributed by atoms with van der Waals surface area (Å²) >= 11 is 0. The highest BCUT2D eigenvalue weighted by atomic mass is 32.2. The summed E-state index contributed by atoms with van der Waals surface area (Å²) in [5, 5.41) is 17.6. The van der Waals surface area contributed by atoms with Gasteiger partial charge in [-0.1, -0.05) is 12.1 Å². The Balaban J connectivity index is 3.00. The van der Waals surface area contributed by atoms with Crippen molar-refractivity contribution < 1.29 is 18.6 Å². The first-order valence-electron chi connectivity index (χ1n) is 4.69. The Kier molecular flexibility index (Phi) is 3.90. The number of aliphatic hydroxyl groups is 2. The molecule has 0 aliphatic rings. The molecule has 16 heavy (non-hydrogen) atoms. The monoisotopic (exact) mass is 245 g/mol. The van der Waals surface area contributed by atoms with Crippen molar-refractivity contribution in [1.82, 2.24) is 0 Å². The van der Waals surface area contributed by atoms with E-state index in [1.54, 1.807) is 12.1 Å². The first-order valence-corrected chi connectivity index (χ1v) is 6.65. The van der Waals surface area contributed by atoms with E-state index >= 15 is 0 Å². The van der Waals surface area contributed by atoms with Gasteiger partial charge in [0.15, 0.2) is 9.84 Å². The van der Waals surface area contributed by atoms with Gasteiger partial charge < -0.3 is 15.9 Å². The highest BCUT2D eigenvalue weighted by molar-refractivity contribution is 7.91. The Bertz CT molecular complexity index is 440. The largest absolute Gasteiger partial charge is 0.399 e. The molecule has 90 valence electrons. The molecule has 0 aliphatic carbocycles. The Morgan fingerprint density at radius 1 is 1.31 bits per heavy atom. The minimum absolute atomic E-state index is 0.415. The van der Waals surface area contributed by atoms with E-state index in [0.29, 0.717) is 11.3 Å². The zero-order valence-corrected chi connectivity index (χ0v) is 9.68. The minimum Gasteiger partial charge on any atom is -0.399 e. The summed E-state index contributed by atoms with van der Waals surface area (Å²) < 4.78 is 22.6. The Morgan fingerprint density at radius 2 is 1.81 bits per heavy atom. The second kappa shape index (κ2) is 4.82. The molecule has 6 heteroatoms. The second-order valence-corrected chi connectivity index (χ2v) is 5.93. The summed E-state index contributed by atoms with van der Waals surface area (Å²) in [6.45, 7) is -0.621. The van der Waals surface area contributed by atoms with Crippen LogP contribution in [0, 0.1) is 0 Å². The molecule has 0 radical (unpaired) electrons. The van der Waals surface area contributed by atoms with Crippen LogP contribution in [0.2, 0.25) is 0 Å². The lowest BCUT2D eigenvalue weighted by molar-refractivity contribution is 0.138. The maximum absolute atomic E-state index is 11.3. The molecule has 0 saturated heterocycles. The molecule has 0 bridgehead atoms. The molecule has 1 aromatic rings. The van der Waals surface area contributed by atoms with Gasteiger partial charge in [-0.25, -0.2) is 8.42 Å². The van der Waals surface area contributed by atoms with Crippen LogP contribution in [0.25, 0.3) is 0 Å². The van der Waals surface area contributed by atoms with Crippen LogP contribution in [0.15, 0.2) is 24.3 Å². The predicted octanol–water partition coefficient (Wildman–Crippen LogP) is -0.292. The number of nitrogens with two attached hydrogens (primary N) is 1. The molecular formula is C10H15NO4S. The average molecular weight is 245 g/mol. The van der Waals surface area contributed by atoms with E-state index in [1.165, 1.54) is 12.1 Å². The number of rotatable bonds is 4. The van der Waals surface area contributed by atoms with E-state index in [9.17, 15) is 13.5 Å². The van der Waals surface area contributed by atoms with E-state index in [1.807, 2.05) is 0 Å². The molecule has 5 nitrogen and oxygen atoms in total. The maximum atomic E-state index is 11.3. The number of sulfone groups is 1. The Morgan fingerprint density at radius 3 is 2.19 bits per heavy atom. The van der Waals surface area contributed by atoms with Gasteiger partial charge in [-0.05, 0) is 17.7 Å². The van der Waals surface area contributed by atoms with Gasteiger partial charge in [0.1, 0.15) is 5.25 Å². The zero-order chi connectivity index (χ0) is 12.3. The molecule has 4 N–H and O–H groups in total. The molecule has 0 spiro atoms. The smallest absolute Gasteiger partial charge is 0.155 e. The number of aliphatic hydroxyl groups excluding tert-OH is 2. The summed E-state index contributed by atoms with van der Waals surface area (Å²) in [7, 11) is -3.50. The summed E-state index contributed by atoms with van der Waals surface area (Å²) in [6.07, 6.45) is -0.269. The number of nitrogen functional groups attached to an aromatic ring is 1. The van der Waals surface area contributed by atoms with E-state index in [0.717, 1.165) is 6.26 Å². The van der Waals surface area contributed by atoms with Crippen molar-refractivity contribution in [2.75, 3.05) is 18.6 Å². The van der Waals surface area contributed by atoms with E-state index < -0.39 is 27.8 Å². The molecule has 0 aromatic heterocycles. The maximum Gasteiger partial charge on any atom is 0.155 e. The van der Waals surface area contributed by atoms with Gasteiger partial charge in [0.25, 0.3) is 0 Å². The van der Waals surface area contributed by atoms with Crippen molar-refractivity contribution in [1.29, 1.82) is 0 Å². The van der Waals surface area contributed by atoms with Crippen molar-refractivity contribution in [3.05, 3.63) is 29.8 Å². The first-order chi connectivity index (χ1) is 7.36. The van der Waals surface area contributed by atoms with Gasteiger partial charge in [0.05, 0.1) is 12.7 Å². The Labute approximate surface area is 94.4 Å². The van der Waals surface area contributed by atoms with E-state index in [-0.39, 0.29) is 0 Å². The number of anilines is 1. The fraction of sp³-hybridized carbons (Fsp3) is 0.400. The number of benzene rings is 1. The average Bonchev–Trinajstić information content (AvgIpc) is 2.17. The van der Waals surface area contributed by atoms with Crippen LogP contribution < -0.4 is 5.73 Å². The summed E-state index contributed by atoms with van der Waals surface area (Å²) in [4.78, 5) is 0. The summed E-state index contributed by atoms with van der Waals surface area (Å²) in [5.74, 6) is 0. The van der Waals surface area contributed by atoms with Gasteiger partial charge in [-0.3, -0.25) is 0 Å². The zero-order valence-electron chi connectivity index (χ0n) is 8.87. The summed E-state index contributed by atoms with van der Waals surface area (Å²) in [5.41, 5.74) is 6.41. The highest BCUT2D eigenvalue weighted by Gasteiger charge is 2.29. The van der Waals surface area contributed by atoms with Crippen LogP contribution in [0.3, 0.4) is 0 Å². The molecule has 1 aromatic carbocycles. The third kappa shape index (κ3) is 2.94. The van der Waals surface area contributed by atoms with Crippen molar-refractivity contribution in [3.63, 3.8) is 0 Å². The lowest BCUT2D eigenvalue weighted by Crippen LogP contribution is -2.31. The van der Waals surface area contributed by atoms with Gasteiger partial charge in [0, 0.05) is 11.9 Å². The van der Waals surface area contributed by atoms with E-state index in [4.69, 9.17) is 10.8 Å². The minimum atomic E-state index is -3.50. The van der Waals surface area contributed by atoms with Crippen molar-refractivity contribution in [3.8, 4) is 0 Å². The van der Waals surface area contributed by atoms with Crippen LogP contribution >= 0.6 is 0 Å². The van der Waals surface area contributed by atoms with Gasteiger partial charge in [-0.2, -0.15) is 0 Å². The Hall–Kier alpha value is -1.11. The standard InChI is InChI=1S/C10H15NO4S/c1-16(14,15)9(6-12)10(13)7-2-4-8(11)5-3-7/h2-5,9-10,12-13H,6,11H2,1H3/t9-,10+/m0/s1. The molecule has 0 saturated carbocycles. The number of hydrogen-bond donors (Lipinski definition) is 3. The lowest BCUT2D eigenvalue weighted by atomic mass is 10.1. The molecule has 0 amide bonds. The molecule has 0 aliphatic heterocycles. The molecular weight excluding hydrogens is 230 g/mol. The van der Waals surface area contributed by atoms with Crippen LogP contribution in [-0.2, 0) is 9.84 Å².